The van der Waals surface area contributed by atoms with Gasteiger partial charge in [0.2, 0.25) is 17.6 Å². The van der Waals surface area contributed by atoms with E-state index in [2.05, 4.69) is 4.98 Å². The van der Waals surface area contributed by atoms with Crippen LogP contribution in [0, 0.1) is 35.4 Å². The van der Waals surface area contributed by atoms with Gasteiger partial charge in [0.25, 0.3) is 0 Å². The van der Waals surface area contributed by atoms with Crippen LogP contribution in [-0.2, 0) is 9.59 Å². The molecule has 8 nitrogen and oxygen atoms in total. The quantitative estimate of drug-likeness (QED) is 0.470. The van der Waals surface area contributed by atoms with E-state index in [-0.39, 0.29) is 62.9 Å². The fourth-order valence-corrected chi connectivity index (χ4v) is 10.2. The van der Waals surface area contributed by atoms with Gasteiger partial charge in [0.05, 0.1) is 36.8 Å². The predicted molar refractivity (Wildman–Crippen MR) is 139 cm³/mol. The first-order valence-corrected chi connectivity index (χ1v) is 14.0. The van der Waals surface area contributed by atoms with E-state index in [1.807, 2.05) is 0 Å². The molecular weight excluding hydrogens is 531 g/mol. The molecule has 38 heavy (non-hydrogen) atoms. The van der Waals surface area contributed by atoms with Crippen molar-refractivity contribution in [3.63, 3.8) is 0 Å². The zero-order valence-corrected chi connectivity index (χ0v) is 22.0. The van der Waals surface area contributed by atoms with Crippen LogP contribution in [0.25, 0.3) is 0 Å². The molecule has 11 heteroatoms. The van der Waals surface area contributed by atoms with Gasteiger partial charge in [0.15, 0.2) is 11.5 Å². The Hall–Kier alpha value is -3.31. The summed E-state index contributed by atoms with van der Waals surface area (Å²) in [7, 11) is 2.93. The highest BCUT2D eigenvalue weighted by Crippen LogP contribution is 2.69. The number of H-pyrrole nitrogens is 1. The number of benzene rings is 2. The van der Waals surface area contributed by atoms with E-state index in [0.717, 1.165) is 33.2 Å². The summed E-state index contributed by atoms with van der Waals surface area (Å²) < 4.78 is 24.4. The summed E-state index contributed by atoms with van der Waals surface area (Å²) in [5.74, 6) is -1.79. The zero-order chi connectivity index (χ0) is 26.5. The van der Waals surface area contributed by atoms with Gasteiger partial charge in [-0.3, -0.25) is 19.3 Å². The van der Waals surface area contributed by atoms with E-state index in [0.29, 0.717) is 5.69 Å². The number of rotatable bonds is 4. The molecule has 2 aliphatic heterocycles. The second-order valence-corrected chi connectivity index (χ2v) is 12.4. The number of methoxy groups -OCH3 is 2. The lowest BCUT2D eigenvalue weighted by atomic mass is 9.68. The minimum absolute atomic E-state index is 0.0136. The van der Waals surface area contributed by atoms with Crippen molar-refractivity contribution in [1.29, 1.82) is 0 Å². The number of aromatic hydroxyl groups is 1. The molecule has 2 amide bonds. The van der Waals surface area contributed by atoms with Gasteiger partial charge in [-0.05, 0) is 66.1 Å². The number of aromatic amines is 1. The van der Waals surface area contributed by atoms with Crippen LogP contribution in [0.5, 0.6) is 17.2 Å². The fraction of sp³-hybridized carbons (Fsp3) is 0.370. The summed E-state index contributed by atoms with van der Waals surface area (Å²) in [4.78, 5) is 44.8. The molecule has 2 bridgehead atoms. The van der Waals surface area contributed by atoms with Gasteiger partial charge in [-0.1, -0.05) is 11.3 Å². The number of phenolic OH excluding ortho intramolecular Hbond substituents is 1. The van der Waals surface area contributed by atoms with Crippen LogP contribution in [0.1, 0.15) is 22.8 Å². The first kappa shape index (κ1) is 23.8. The normalized spacial score (nSPS) is 30.8. The van der Waals surface area contributed by atoms with E-state index in [9.17, 15) is 23.9 Å². The van der Waals surface area contributed by atoms with Crippen molar-refractivity contribution in [2.24, 2.45) is 29.6 Å². The van der Waals surface area contributed by atoms with Gasteiger partial charge < -0.3 is 19.6 Å². The third kappa shape index (κ3) is 3.11. The van der Waals surface area contributed by atoms with Crippen LogP contribution >= 0.6 is 23.1 Å². The molecular formula is C27H23FN2O6S2. The Bertz CT molecular complexity index is 1530. The first-order valence-electron chi connectivity index (χ1n) is 12.3. The van der Waals surface area contributed by atoms with Crippen molar-refractivity contribution < 1.29 is 28.6 Å². The predicted octanol–water partition coefficient (Wildman–Crippen LogP) is 3.98. The second-order valence-electron chi connectivity index (χ2n) is 10.2. The van der Waals surface area contributed by atoms with E-state index in [4.69, 9.17) is 9.47 Å². The second kappa shape index (κ2) is 8.34. The lowest BCUT2D eigenvalue weighted by Gasteiger charge is -2.43. The largest absolute Gasteiger partial charge is 0.502 e. The van der Waals surface area contributed by atoms with Crippen LogP contribution in [-0.4, -0.2) is 41.4 Å². The number of ether oxygens (including phenoxy) is 2. The number of phenols is 1. The lowest BCUT2D eigenvalue weighted by Crippen LogP contribution is -2.42. The van der Waals surface area contributed by atoms with Gasteiger partial charge in [-0.25, -0.2) is 4.39 Å². The third-order valence-electron chi connectivity index (χ3n) is 8.67. The molecule has 3 heterocycles. The Morgan fingerprint density at radius 3 is 2.26 bits per heavy atom. The van der Waals surface area contributed by atoms with Crippen molar-refractivity contribution in [3.05, 3.63) is 62.3 Å². The van der Waals surface area contributed by atoms with Crippen LogP contribution in [0.3, 0.4) is 0 Å². The van der Waals surface area contributed by atoms with Crippen molar-refractivity contribution >= 4 is 40.6 Å². The maximum Gasteiger partial charge on any atom is 0.305 e. The molecule has 2 aromatic carbocycles. The Labute approximate surface area is 224 Å². The van der Waals surface area contributed by atoms with E-state index >= 15 is 0 Å². The van der Waals surface area contributed by atoms with Crippen molar-refractivity contribution in [2.75, 3.05) is 19.1 Å². The molecule has 1 aromatic heterocycles. The third-order valence-corrected chi connectivity index (χ3v) is 11.3. The molecule has 2 N–H and O–H groups in total. The summed E-state index contributed by atoms with van der Waals surface area (Å²) in [5.41, 5.74) is 1.21. The minimum atomic E-state index is -0.472. The molecule has 2 saturated carbocycles. The van der Waals surface area contributed by atoms with E-state index in [1.54, 1.807) is 23.9 Å². The Balaban J connectivity index is 1.34. The van der Waals surface area contributed by atoms with Crippen molar-refractivity contribution in [1.82, 2.24) is 4.98 Å². The van der Waals surface area contributed by atoms with E-state index in [1.165, 1.54) is 43.4 Å². The summed E-state index contributed by atoms with van der Waals surface area (Å²) in [6.07, 6.45) is 0.744. The van der Waals surface area contributed by atoms with Crippen LogP contribution in [0.2, 0.25) is 0 Å². The number of hydrogen-bond donors (Lipinski definition) is 2. The molecule has 3 fully saturated rings. The zero-order valence-electron chi connectivity index (χ0n) is 20.3. The van der Waals surface area contributed by atoms with Gasteiger partial charge >= 0.3 is 4.87 Å². The van der Waals surface area contributed by atoms with E-state index < -0.39 is 17.7 Å². The molecule has 0 radical (unpaired) electrons. The number of nitrogens with zero attached hydrogens (tertiary/aromatic N) is 1. The average molecular weight is 555 g/mol. The number of thioether (sulfide) groups is 1. The summed E-state index contributed by atoms with van der Waals surface area (Å²) in [6, 6.07) is 8.97. The summed E-state index contributed by atoms with van der Waals surface area (Å²) >= 11 is 2.75. The number of fused-ring (bicyclic) bond motifs is 9. The molecule has 2 aliphatic carbocycles. The van der Waals surface area contributed by atoms with Crippen molar-refractivity contribution in [2.45, 2.75) is 22.6 Å². The number of amides is 2. The molecule has 3 aromatic rings. The van der Waals surface area contributed by atoms with Crippen LogP contribution < -0.4 is 19.2 Å². The summed E-state index contributed by atoms with van der Waals surface area (Å²) in [5, 5.41) is 11.3. The number of carbonyl (C=O) groups excluding carboxylic acids is 2. The number of aromatic nitrogens is 1. The van der Waals surface area contributed by atoms with Gasteiger partial charge in [-0.2, -0.15) is 0 Å². The lowest BCUT2D eigenvalue weighted by molar-refractivity contribution is -0.123. The number of carbonyl (C=O) groups is 2. The maximum atomic E-state index is 13.8. The van der Waals surface area contributed by atoms with Crippen LogP contribution in [0.4, 0.5) is 10.1 Å². The molecule has 196 valence electrons. The number of imide groups is 1. The highest BCUT2D eigenvalue weighted by atomic mass is 32.2. The minimum Gasteiger partial charge on any atom is -0.502 e. The Kier molecular flexibility index (Phi) is 5.22. The molecule has 4 aliphatic rings. The number of hydrogen-bond acceptors (Lipinski definition) is 8. The maximum absolute atomic E-state index is 13.8. The monoisotopic (exact) mass is 554 g/mol. The van der Waals surface area contributed by atoms with Gasteiger partial charge in [-0.15, -0.1) is 11.8 Å². The first-order chi connectivity index (χ1) is 18.3. The highest BCUT2D eigenvalue weighted by Gasteiger charge is 2.69. The van der Waals surface area contributed by atoms with Crippen molar-refractivity contribution in [3.8, 4) is 17.2 Å². The molecule has 1 saturated heterocycles. The molecule has 5 unspecified atom stereocenters. The average Bonchev–Trinajstić information content (AvgIpc) is 3.64. The highest BCUT2D eigenvalue weighted by molar-refractivity contribution is 8.00. The SMILES string of the molecule is COc1cc(C2c3sc(=O)[nH]c3SC3C2[C@H]2C[C@@H]3C3C(=O)N(c4ccc(F)cc4)C(=O)C32)cc(OC)c1O. The Morgan fingerprint density at radius 1 is 1.00 bits per heavy atom. The molecule has 7 rings (SSSR count). The van der Waals surface area contributed by atoms with Gasteiger partial charge in [0, 0.05) is 16.0 Å². The Morgan fingerprint density at radius 2 is 1.63 bits per heavy atom. The smallest absolute Gasteiger partial charge is 0.305 e. The number of thiazole rings is 1. The molecule has 0 spiro atoms. The summed E-state index contributed by atoms with van der Waals surface area (Å²) in [6.45, 7) is 0. The number of anilines is 1. The van der Waals surface area contributed by atoms with Gasteiger partial charge in [0.1, 0.15) is 5.82 Å². The fourth-order valence-electron chi connectivity index (χ4n) is 7.33. The topological polar surface area (TPSA) is 109 Å². The molecule has 7 atom stereocenters. The standard InChI is InChI=1S/C27H23FN2O6S2/c1-35-15-7-10(8-16(36-2)21(15)31)17-18-13-9-14(22(18)37-24-23(17)38-27(34)29-24)20-19(13)25(32)30(26(20)33)12-5-3-11(28)4-6-12/h3-8,13-14,17-20,22,31H,9H2,1-2H3,(H,29,34)/t13-,14-,17?,18?,19?,20?,22?/m1/s1. The number of halogens is 1. The van der Waals surface area contributed by atoms with Crippen LogP contribution in [0.15, 0.2) is 46.2 Å². The number of nitrogens with one attached hydrogen (secondary N) is 1.